The van der Waals surface area contributed by atoms with E-state index in [1.165, 1.54) is 0 Å². The molecule has 0 amide bonds. The van der Waals surface area contributed by atoms with Gasteiger partial charge in [0.05, 0.1) is 17.3 Å². The standard InChI is InChI=1S/C18H24N4O3/c1-10-14(15(17(23)24)18(3,4)5)11(2)22(20-10)13-8-6-12(7-9-13)16(19)21-25/h6-9,15,25H,1-5H3,(H2,19,21)(H,23,24). The Hall–Kier alpha value is -2.83. The van der Waals surface area contributed by atoms with Crippen molar-refractivity contribution in [1.82, 2.24) is 9.78 Å². The number of nitrogens with two attached hydrogens (primary N) is 1. The molecule has 1 unspecified atom stereocenters. The molecule has 7 heteroatoms. The average Bonchev–Trinajstić information content (AvgIpc) is 2.81. The van der Waals surface area contributed by atoms with Crippen LogP contribution in [0.3, 0.4) is 0 Å². The molecule has 25 heavy (non-hydrogen) atoms. The first-order chi connectivity index (χ1) is 11.6. The number of nitrogens with zero attached hydrogens (tertiary/aromatic N) is 3. The number of amidine groups is 1. The Balaban J connectivity index is 2.54. The maximum atomic E-state index is 11.9. The van der Waals surface area contributed by atoms with Gasteiger partial charge in [0.15, 0.2) is 5.84 Å². The number of aryl methyl sites for hydroxylation is 1. The predicted octanol–water partition coefficient (Wildman–Crippen LogP) is 2.80. The van der Waals surface area contributed by atoms with Crippen LogP contribution in [0, 0.1) is 19.3 Å². The molecule has 7 nitrogen and oxygen atoms in total. The summed E-state index contributed by atoms with van der Waals surface area (Å²) in [6.07, 6.45) is 0. The molecule has 0 aliphatic rings. The minimum atomic E-state index is -0.861. The second kappa shape index (κ2) is 6.58. The quantitative estimate of drug-likeness (QED) is 0.341. The van der Waals surface area contributed by atoms with Gasteiger partial charge in [0.2, 0.25) is 0 Å². The van der Waals surface area contributed by atoms with Crippen molar-refractivity contribution in [2.45, 2.75) is 40.5 Å². The zero-order valence-electron chi connectivity index (χ0n) is 15.1. The lowest BCUT2D eigenvalue weighted by Crippen LogP contribution is -2.27. The summed E-state index contributed by atoms with van der Waals surface area (Å²) in [5.41, 5.74) is 8.72. The molecular formula is C18H24N4O3. The zero-order chi connectivity index (χ0) is 18.9. The van der Waals surface area contributed by atoms with E-state index in [9.17, 15) is 9.90 Å². The van der Waals surface area contributed by atoms with Gasteiger partial charge in [0, 0.05) is 16.8 Å². The second-order valence-corrected chi connectivity index (χ2v) is 7.17. The van der Waals surface area contributed by atoms with E-state index in [0.29, 0.717) is 11.3 Å². The molecule has 2 aromatic rings. The summed E-state index contributed by atoms with van der Waals surface area (Å²) in [7, 11) is 0. The van der Waals surface area contributed by atoms with Gasteiger partial charge < -0.3 is 16.0 Å². The fourth-order valence-electron chi connectivity index (χ4n) is 3.08. The largest absolute Gasteiger partial charge is 0.481 e. The van der Waals surface area contributed by atoms with Gasteiger partial charge in [-0.15, -0.1) is 0 Å². The second-order valence-electron chi connectivity index (χ2n) is 7.17. The fourth-order valence-corrected chi connectivity index (χ4v) is 3.08. The highest BCUT2D eigenvalue weighted by Gasteiger charge is 2.36. The Morgan fingerprint density at radius 3 is 2.24 bits per heavy atom. The smallest absolute Gasteiger partial charge is 0.311 e. The van der Waals surface area contributed by atoms with E-state index in [1.807, 2.05) is 34.6 Å². The van der Waals surface area contributed by atoms with Crippen LogP contribution in [0.25, 0.3) is 5.69 Å². The van der Waals surface area contributed by atoms with E-state index in [-0.39, 0.29) is 5.84 Å². The molecular weight excluding hydrogens is 320 g/mol. The van der Waals surface area contributed by atoms with Gasteiger partial charge in [-0.1, -0.05) is 25.9 Å². The van der Waals surface area contributed by atoms with Crippen molar-refractivity contribution in [2.75, 3.05) is 0 Å². The molecule has 4 N–H and O–H groups in total. The number of hydrogen-bond donors (Lipinski definition) is 3. The van der Waals surface area contributed by atoms with Crippen LogP contribution >= 0.6 is 0 Å². The van der Waals surface area contributed by atoms with Crippen LogP contribution in [0.15, 0.2) is 29.4 Å². The van der Waals surface area contributed by atoms with Crippen LogP contribution in [0.2, 0.25) is 0 Å². The third kappa shape index (κ3) is 3.50. The fraction of sp³-hybridized carbons (Fsp3) is 0.389. The number of carboxylic acid groups (broad SMARTS) is 1. The number of benzene rings is 1. The number of carbonyl (C=O) groups is 1. The van der Waals surface area contributed by atoms with Crippen molar-refractivity contribution < 1.29 is 15.1 Å². The molecule has 1 aromatic carbocycles. The minimum absolute atomic E-state index is 0.0271. The van der Waals surface area contributed by atoms with Crippen molar-refractivity contribution in [2.24, 2.45) is 16.3 Å². The molecule has 0 fully saturated rings. The minimum Gasteiger partial charge on any atom is -0.481 e. The van der Waals surface area contributed by atoms with Gasteiger partial charge in [-0.05, 0) is 43.5 Å². The van der Waals surface area contributed by atoms with E-state index in [1.54, 1.807) is 28.9 Å². The monoisotopic (exact) mass is 344 g/mol. The first-order valence-electron chi connectivity index (χ1n) is 7.95. The number of carboxylic acids is 1. The van der Waals surface area contributed by atoms with E-state index < -0.39 is 17.3 Å². The van der Waals surface area contributed by atoms with Gasteiger partial charge in [-0.2, -0.15) is 5.10 Å². The van der Waals surface area contributed by atoms with E-state index in [2.05, 4.69) is 10.3 Å². The summed E-state index contributed by atoms with van der Waals surface area (Å²) in [5, 5.41) is 26.0. The Bertz CT molecular complexity index is 814. The lowest BCUT2D eigenvalue weighted by atomic mass is 9.75. The Kier molecular flexibility index (Phi) is 4.87. The van der Waals surface area contributed by atoms with E-state index in [0.717, 1.165) is 16.9 Å². The summed E-state index contributed by atoms with van der Waals surface area (Å²) in [5.74, 6) is -1.49. The molecule has 1 heterocycles. The van der Waals surface area contributed by atoms with Crippen molar-refractivity contribution in [3.8, 4) is 5.69 Å². The van der Waals surface area contributed by atoms with Crippen LogP contribution in [-0.2, 0) is 4.79 Å². The van der Waals surface area contributed by atoms with Crippen LogP contribution in [-0.4, -0.2) is 31.9 Å². The SMILES string of the molecule is Cc1nn(-c2ccc(/C(N)=N\O)cc2)c(C)c1C(C(=O)O)C(C)(C)C. The van der Waals surface area contributed by atoms with Crippen LogP contribution in [0.4, 0.5) is 0 Å². The van der Waals surface area contributed by atoms with Gasteiger partial charge in [-0.25, -0.2) is 4.68 Å². The molecule has 1 aromatic heterocycles. The van der Waals surface area contributed by atoms with Crippen molar-refractivity contribution in [1.29, 1.82) is 0 Å². The number of hydrogen-bond acceptors (Lipinski definition) is 4. The van der Waals surface area contributed by atoms with Crippen molar-refractivity contribution in [3.05, 3.63) is 46.8 Å². The Morgan fingerprint density at radius 2 is 1.80 bits per heavy atom. The lowest BCUT2D eigenvalue weighted by Gasteiger charge is -2.27. The molecule has 0 aliphatic heterocycles. The van der Waals surface area contributed by atoms with Crippen LogP contribution < -0.4 is 5.73 Å². The maximum Gasteiger partial charge on any atom is 0.311 e. The molecule has 0 saturated carbocycles. The van der Waals surface area contributed by atoms with Crippen molar-refractivity contribution in [3.63, 3.8) is 0 Å². The Labute approximate surface area is 146 Å². The number of aliphatic carboxylic acids is 1. The first kappa shape index (κ1) is 18.5. The summed E-state index contributed by atoms with van der Waals surface area (Å²) in [6, 6.07) is 7.03. The van der Waals surface area contributed by atoms with Gasteiger partial charge in [-0.3, -0.25) is 4.79 Å². The Morgan fingerprint density at radius 1 is 1.24 bits per heavy atom. The lowest BCUT2D eigenvalue weighted by molar-refractivity contribution is -0.141. The van der Waals surface area contributed by atoms with Gasteiger partial charge in [0.1, 0.15) is 0 Å². The van der Waals surface area contributed by atoms with Crippen LogP contribution in [0.5, 0.6) is 0 Å². The summed E-state index contributed by atoms with van der Waals surface area (Å²) < 4.78 is 1.72. The molecule has 1 atom stereocenters. The normalized spacial score (nSPS) is 13.7. The third-order valence-corrected chi connectivity index (χ3v) is 4.26. The highest BCUT2D eigenvalue weighted by molar-refractivity contribution is 5.97. The molecule has 0 aliphatic carbocycles. The van der Waals surface area contributed by atoms with Gasteiger partial charge in [0.25, 0.3) is 0 Å². The zero-order valence-corrected chi connectivity index (χ0v) is 15.1. The van der Waals surface area contributed by atoms with Crippen molar-refractivity contribution >= 4 is 11.8 Å². The first-order valence-corrected chi connectivity index (χ1v) is 7.95. The van der Waals surface area contributed by atoms with E-state index >= 15 is 0 Å². The summed E-state index contributed by atoms with van der Waals surface area (Å²) in [6.45, 7) is 9.43. The van der Waals surface area contributed by atoms with Crippen LogP contribution in [0.1, 0.15) is 49.2 Å². The molecule has 2 rings (SSSR count). The molecule has 0 spiro atoms. The maximum absolute atomic E-state index is 11.9. The molecule has 134 valence electrons. The highest BCUT2D eigenvalue weighted by atomic mass is 16.4. The number of aromatic nitrogens is 2. The summed E-state index contributed by atoms with van der Waals surface area (Å²) >= 11 is 0. The number of oxime groups is 1. The molecule has 0 bridgehead atoms. The topological polar surface area (TPSA) is 114 Å². The van der Waals surface area contributed by atoms with Gasteiger partial charge >= 0.3 is 5.97 Å². The third-order valence-electron chi connectivity index (χ3n) is 4.26. The average molecular weight is 344 g/mol. The highest BCUT2D eigenvalue weighted by Crippen LogP contribution is 2.38. The molecule has 0 radical (unpaired) electrons. The summed E-state index contributed by atoms with van der Waals surface area (Å²) in [4.78, 5) is 11.9. The molecule has 0 saturated heterocycles. The van der Waals surface area contributed by atoms with E-state index in [4.69, 9.17) is 10.9 Å². The predicted molar refractivity (Wildman–Crippen MR) is 95.4 cm³/mol. The number of rotatable bonds is 4.